The van der Waals surface area contributed by atoms with Crippen molar-refractivity contribution in [2.24, 2.45) is 7.05 Å². The van der Waals surface area contributed by atoms with Gasteiger partial charge in [0.2, 0.25) is 0 Å². The maximum absolute atomic E-state index is 14.0. The molecule has 6 heteroatoms. The number of aromatic nitrogens is 3. The van der Waals surface area contributed by atoms with Gasteiger partial charge in [0.25, 0.3) is 5.56 Å². The zero-order valence-electron chi connectivity index (χ0n) is 10.5. The number of pyridine rings is 1. The fraction of sp³-hybridized carbons (Fsp3) is 0.0714. The van der Waals surface area contributed by atoms with E-state index in [0.29, 0.717) is 21.5 Å². The maximum atomic E-state index is 14.0. The Hall–Kier alpha value is -2.27. The summed E-state index contributed by atoms with van der Waals surface area (Å²) in [7, 11) is 1.54. The van der Waals surface area contributed by atoms with E-state index in [2.05, 4.69) is 10.1 Å². The first-order valence-electron chi connectivity index (χ1n) is 5.84. The molecule has 0 bridgehead atoms. The summed E-state index contributed by atoms with van der Waals surface area (Å²) >= 11 is 5.75. The summed E-state index contributed by atoms with van der Waals surface area (Å²) in [6, 6.07) is 6.05. The topological polar surface area (TPSA) is 47.8 Å². The van der Waals surface area contributed by atoms with Crippen LogP contribution in [0.4, 0.5) is 4.39 Å². The lowest BCUT2D eigenvalue weighted by Crippen LogP contribution is -2.20. The van der Waals surface area contributed by atoms with Crippen molar-refractivity contribution in [3.8, 4) is 11.1 Å². The fourth-order valence-electron chi connectivity index (χ4n) is 2.07. The standard InChI is InChI=1S/C14H9ClFN3O/c1-19-14(20)13-11(7-18-19)9(4-5-17-13)10-3-2-8(15)6-12(10)16/h2-7H,1H3. The van der Waals surface area contributed by atoms with Crippen LogP contribution in [0.5, 0.6) is 0 Å². The highest BCUT2D eigenvalue weighted by molar-refractivity contribution is 6.30. The van der Waals surface area contributed by atoms with Crippen molar-refractivity contribution in [2.75, 3.05) is 0 Å². The third kappa shape index (κ3) is 1.96. The van der Waals surface area contributed by atoms with Crippen molar-refractivity contribution in [3.63, 3.8) is 0 Å². The molecule has 0 aliphatic rings. The Morgan fingerprint density at radius 1 is 1.25 bits per heavy atom. The second kappa shape index (κ2) is 4.68. The minimum absolute atomic E-state index is 0.259. The van der Waals surface area contributed by atoms with Crippen LogP contribution in [0.15, 0.2) is 41.5 Å². The highest BCUT2D eigenvalue weighted by atomic mass is 35.5. The van der Waals surface area contributed by atoms with Crippen LogP contribution in [-0.4, -0.2) is 14.8 Å². The third-order valence-electron chi connectivity index (χ3n) is 3.07. The van der Waals surface area contributed by atoms with Gasteiger partial charge in [-0.15, -0.1) is 0 Å². The highest BCUT2D eigenvalue weighted by Crippen LogP contribution is 2.29. The number of aryl methyl sites for hydroxylation is 1. The predicted molar refractivity (Wildman–Crippen MR) is 75.2 cm³/mol. The van der Waals surface area contributed by atoms with Crippen LogP contribution < -0.4 is 5.56 Å². The summed E-state index contributed by atoms with van der Waals surface area (Å²) in [5.41, 5.74) is 0.860. The van der Waals surface area contributed by atoms with Crippen LogP contribution in [0.25, 0.3) is 22.0 Å². The number of nitrogens with zero attached hydrogens (tertiary/aromatic N) is 3. The van der Waals surface area contributed by atoms with Gasteiger partial charge in [-0.25, -0.2) is 9.07 Å². The first-order chi connectivity index (χ1) is 9.58. The molecular formula is C14H9ClFN3O. The Kier molecular flexibility index (Phi) is 2.99. The number of hydrogen-bond acceptors (Lipinski definition) is 3. The molecule has 0 aliphatic carbocycles. The Morgan fingerprint density at radius 2 is 2.05 bits per heavy atom. The van der Waals surface area contributed by atoms with Gasteiger partial charge in [0.05, 0.1) is 6.20 Å². The number of benzene rings is 1. The molecule has 0 radical (unpaired) electrons. The van der Waals surface area contributed by atoms with Crippen molar-refractivity contribution in [3.05, 3.63) is 57.9 Å². The average Bonchev–Trinajstić information content (AvgIpc) is 2.43. The van der Waals surface area contributed by atoms with Gasteiger partial charge in [0, 0.05) is 29.2 Å². The van der Waals surface area contributed by atoms with E-state index in [4.69, 9.17) is 11.6 Å². The zero-order valence-corrected chi connectivity index (χ0v) is 11.2. The first-order valence-corrected chi connectivity index (χ1v) is 6.22. The van der Waals surface area contributed by atoms with E-state index in [1.807, 2.05) is 0 Å². The van der Waals surface area contributed by atoms with Crippen LogP contribution in [0.3, 0.4) is 0 Å². The van der Waals surface area contributed by atoms with Crippen LogP contribution in [-0.2, 0) is 7.05 Å². The van der Waals surface area contributed by atoms with E-state index in [0.717, 1.165) is 0 Å². The van der Waals surface area contributed by atoms with Crippen molar-refractivity contribution < 1.29 is 4.39 Å². The molecule has 2 heterocycles. The van der Waals surface area contributed by atoms with Gasteiger partial charge < -0.3 is 0 Å². The lowest BCUT2D eigenvalue weighted by Gasteiger charge is -2.07. The molecule has 0 amide bonds. The van der Waals surface area contributed by atoms with Gasteiger partial charge in [-0.1, -0.05) is 11.6 Å². The number of hydrogen-bond donors (Lipinski definition) is 0. The second-order valence-corrected chi connectivity index (χ2v) is 4.75. The van der Waals surface area contributed by atoms with E-state index >= 15 is 0 Å². The molecule has 3 aromatic rings. The van der Waals surface area contributed by atoms with Crippen LogP contribution in [0, 0.1) is 5.82 Å². The monoisotopic (exact) mass is 289 g/mol. The largest absolute Gasteiger partial charge is 0.292 e. The Labute approximate surface area is 118 Å². The Morgan fingerprint density at radius 3 is 2.80 bits per heavy atom. The number of halogens is 2. The molecule has 0 atom stereocenters. The van der Waals surface area contributed by atoms with E-state index in [-0.39, 0.29) is 11.1 Å². The van der Waals surface area contributed by atoms with Gasteiger partial charge in [-0.05, 0) is 29.8 Å². The van der Waals surface area contributed by atoms with E-state index in [9.17, 15) is 9.18 Å². The lowest BCUT2D eigenvalue weighted by molar-refractivity contribution is 0.631. The summed E-state index contributed by atoms with van der Waals surface area (Å²) in [5, 5.41) is 4.79. The number of fused-ring (bicyclic) bond motifs is 1. The van der Waals surface area contributed by atoms with Crippen molar-refractivity contribution in [2.45, 2.75) is 0 Å². The zero-order chi connectivity index (χ0) is 14.3. The van der Waals surface area contributed by atoms with Crippen LogP contribution in [0.2, 0.25) is 5.02 Å². The smallest absolute Gasteiger partial charge is 0.265 e. The van der Waals surface area contributed by atoms with Gasteiger partial charge in [-0.2, -0.15) is 5.10 Å². The predicted octanol–water partition coefficient (Wildman–Crippen LogP) is 2.79. The van der Waals surface area contributed by atoms with Gasteiger partial charge in [0.1, 0.15) is 11.3 Å². The normalized spacial score (nSPS) is 10.9. The third-order valence-corrected chi connectivity index (χ3v) is 3.30. The van der Waals surface area contributed by atoms with Gasteiger partial charge in [0.15, 0.2) is 0 Å². The lowest BCUT2D eigenvalue weighted by atomic mass is 10.0. The quantitative estimate of drug-likeness (QED) is 0.692. The molecule has 3 rings (SSSR count). The van der Waals surface area contributed by atoms with E-state index in [1.165, 1.54) is 23.1 Å². The van der Waals surface area contributed by atoms with Crippen molar-refractivity contribution in [1.29, 1.82) is 0 Å². The molecule has 1 aromatic carbocycles. The molecule has 2 aromatic heterocycles. The first kappa shape index (κ1) is 12.7. The molecule has 0 spiro atoms. The fourth-order valence-corrected chi connectivity index (χ4v) is 2.23. The van der Waals surface area contributed by atoms with E-state index in [1.54, 1.807) is 25.2 Å². The van der Waals surface area contributed by atoms with Gasteiger partial charge >= 0.3 is 0 Å². The second-order valence-electron chi connectivity index (χ2n) is 4.32. The highest BCUT2D eigenvalue weighted by Gasteiger charge is 2.12. The number of rotatable bonds is 1. The molecule has 0 unspecified atom stereocenters. The summed E-state index contributed by atoms with van der Waals surface area (Å²) in [6.07, 6.45) is 2.99. The van der Waals surface area contributed by atoms with Crippen molar-refractivity contribution >= 4 is 22.5 Å². The SMILES string of the molecule is Cn1ncc2c(-c3ccc(Cl)cc3F)ccnc2c1=O. The molecule has 0 saturated carbocycles. The summed E-state index contributed by atoms with van der Waals surface area (Å²) < 4.78 is 15.2. The van der Waals surface area contributed by atoms with E-state index < -0.39 is 5.82 Å². The maximum Gasteiger partial charge on any atom is 0.292 e. The average molecular weight is 290 g/mol. The van der Waals surface area contributed by atoms with Crippen LogP contribution in [0.1, 0.15) is 0 Å². The summed E-state index contributed by atoms with van der Waals surface area (Å²) in [6.45, 7) is 0. The summed E-state index contributed by atoms with van der Waals surface area (Å²) in [4.78, 5) is 16.0. The molecule has 0 fully saturated rings. The van der Waals surface area contributed by atoms with Crippen LogP contribution >= 0.6 is 11.6 Å². The minimum Gasteiger partial charge on any atom is -0.265 e. The molecular weight excluding hydrogens is 281 g/mol. The molecule has 20 heavy (non-hydrogen) atoms. The Balaban J connectivity index is 2.37. The van der Waals surface area contributed by atoms with Crippen molar-refractivity contribution in [1.82, 2.24) is 14.8 Å². The minimum atomic E-state index is -0.453. The molecule has 0 saturated heterocycles. The Bertz CT molecular complexity index is 876. The molecule has 0 N–H and O–H groups in total. The molecule has 0 aliphatic heterocycles. The summed E-state index contributed by atoms with van der Waals surface area (Å²) in [5.74, 6) is -0.453. The van der Waals surface area contributed by atoms with Gasteiger partial charge in [-0.3, -0.25) is 9.78 Å². The molecule has 100 valence electrons. The molecule has 4 nitrogen and oxygen atoms in total.